The van der Waals surface area contributed by atoms with Gasteiger partial charge in [-0.15, -0.1) is 0 Å². The lowest BCUT2D eigenvalue weighted by Crippen LogP contribution is -2.16. The van der Waals surface area contributed by atoms with Crippen molar-refractivity contribution in [3.05, 3.63) is 39.3 Å². The molecular formula is C9H2F9N3. The molecule has 21 heavy (non-hydrogen) atoms. The highest BCUT2D eigenvalue weighted by Crippen LogP contribution is 2.47. The van der Waals surface area contributed by atoms with E-state index in [0.717, 1.165) is 0 Å². The lowest BCUT2D eigenvalue weighted by molar-refractivity contribution is -0.147. The van der Waals surface area contributed by atoms with Crippen LogP contribution in [0.3, 0.4) is 0 Å². The van der Waals surface area contributed by atoms with Gasteiger partial charge in [0, 0.05) is 4.91 Å². The number of hydrogen-bond donors (Lipinski definition) is 0. The smallest absolute Gasteiger partial charge is 0.166 e. The Hall–Kier alpha value is -2.10. The van der Waals surface area contributed by atoms with Crippen LogP contribution < -0.4 is 0 Å². The summed E-state index contributed by atoms with van der Waals surface area (Å²) in [5.41, 5.74) is -0.711. The summed E-state index contributed by atoms with van der Waals surface area (Å²) in [6.07, 6.45) is -16.6. The van der Waals surface area contributed by atoms with Crippen LogP contribution in [0.15, 0.2) is 17.2 Å². The van der Waals surface area contributed by atoms with Crippen molar-refractivity contribution < 1.29 is 39.5 Å². The van der Waals surface area contributed by atoms with Gasteiger partial charge in [0.25, 0.3) is 0 Å². The molecule has 1 rings (SSSR count). The molecule has 1 aromatic rings. The van der Waals surface area contributed by atoms with Crippen molar-refractivity contribution in [2.45, 2.75) is 18.5 Å². The molecule has 12 heteroatoms. The molecule has 0 aliphatic carbocycles. The third-order valence-corrected chi connectivity index (χ3v) is 2.19. The lowest BCUT2D eigenvalue weighted by atomic mass is 10.0. The first-order valence-corrected chi connectivity index (χ1v) is 4.73. The molecule has 0 fully saturated rings. The second kappa shape index (κ2) is 5.02. The Balaban J connectivity index is 3.88. The molecular weight excluding hydrogens is 321 g/mol. The Labute approximate surface area is 109 Å². The zero-order valence-corrected chi connectivity index (χ0v) is 9.40. The number of azide groups is 1. The minimum absolute atomic E-state index is 0.542. The van der Waals surface area contributed by atoms with Gasteiger partial charge in [0.2, 0.25) is 0 Å². The van der Waals surface area contributed by atoms with Crippen LogP contribution in [0.2, 0.25) is 0 Å². The van der Waals surface area contributed by atoms with Crippen molar-refractivity contribution in [3.63, 3.8) is 0 Å². The quantitative estimate of drug-likeness (QED) is 0.276. The van der Waals surface area contributed by atoms with Crippen molar-refractivity contribution in [2.75, 3.05) is 0 Å². The van der Waals surface area contributed by atoms with E-state index in [1.54, 1.807) is 4.91 Å². The summed E-state index contributed by atoms with van der Waals surface area (Å²) < 4.78 is 113. The fourth-order valence-electron chi connectivity index (χ4n) is 1.38. The standard InChI is InChI=1S/C9H2F9N3/c10-7(11,12)3-1-4(8(13,14)15)6(20-21-19)5(2-3)9(16,17)18/h1-2H. The Morgan fingerprint density at radius 1 is 0.762 bits per heavy atom. The van der Waals surface area contributed by atoms with Crippen LogP contribution in [-0.2, 0) is 18.5 Å². The van der Waals surface area contributed by atoms with E-state index in [4.69, 9.17) is 5.53 Å². The average molecular weight is 323 g/mol. The normalized spacial score (nSPS) is 13.0. The maximum atomic E-state index is 12.6. The van der Waals surface area contributed by atoms with Crippen molar-refractivity contribution in [1.29, 1.82) is 0 Å². The van der Waals surface area contributed by atoms with Crippen LogP contribution >= 0.6 is 0 Å². The van der Waals surface area contributed by atoms with Gasteiger partial charge in [-0.25, -0.2) is 0 Å². The Kier molecular flexibility index (Phi) is 4.06. The Morgan fingerprint density at radius 3 is 1.38 bits per heavy atom. The van der Waals surface area contributed by atoms with Gasteiger partial charge in [0.15, 0.2) is 0 Å². The van der Waals surface area contributed by atoms with Crippen molar-refractivity contribution in [1.82, 2.24) is 0 Å². The second-order valence-electron chi connectivity index (χ2n) is 3.60. The van der Waals surface area contributed by atoms with E-state index < -0.39 is 53.0 Å². The maximum absolute atomic E-state index is 12.6. The van der Waals surface area contributed by atoms with Crippen LogP contribution in [-0.4, -0.2) is 0 Å². The van der Waals surface area contributed by atoms with E-state index in [2.05, 4.69) is 5.11 Å². The first-order chi connectivity index (χ1) is 9.28. The molecule has 0 spiro atoms. The van der Waals surface area contributed by atoms with E-state index in [1.807, 2.05) is 0 Å². The fourth-order valence-corrected chi connectivity index (χ4v) is 1.38. The van der Waals surface area contributed by atoms with Gasteiger partial charge in [-0.1, -0.05) is 5.11 Å². The topological polar surface area (TPSA) is 48.8 Å². The summed E-state index contributed by atoms with van der Waals surface area (Å²) >= 11 is 0. The van der Waals surface area contributed by atoms with Crippen LogP contribution in [0, 0.1) is 0 Å². The molecule has 0 amide bonds. The molecule has 116 valence electrons. The summed E-state index contributed by atoms with van der Waals surface area (Å²) in [5, 5.41) is 2.24. The molecule has 0 aliphatic heterocycles. The van der Waals surface area contributed by atoms with Gasteiger partial charge < -0.3 is 0 Å². The summed E-state index contributed by atoms with van der Waals surface area (Å²) in [7, 11) is 0. The number of hydrogen-bond acceptors (Lipinski definition) is 1. The van der Waals surface area contributed by atoms with Crippen molar-refractivity contribution in [3.8, 4) is 0 Å². The molecule has 3 nitrogen and oxygen atoms in total. The third-order valence-electron chi connectivity index (χ3n) is 2.19. The van der Waals surface area contributed by atoms with Gasteiger partial charge in [0.1, 0.15) is 0 Å². The molecule has 0 bridgehead atoms. The largest absolute Gasteiger partial charge is 0.416 e. The zero-order chi connectivity index (χ0) is 16.6. The number of benzene rings is 1. The number of alkyl halides is 9. The zero-order valence-electron chi connectivity index (χ0n) is 9.40. The minimum atomic E-state index is -5.56. The predicted octanol–water partition coefficient (Wildman–Crippen LogP) is 5.68. The van der Waals surface area contributed by atoms with Crippen LogP contribution in [0.4, 0.5) is 45.2 Å². The Morgan fingerprint density at radius 2 is 1.14 bits per heavy atom. The average Bonchev–Trinajstić information content (AvgIpc) is 2.24. The second-order valence-corrected chi connectivity index (χ2v) is 3.60. The molecule has 1 aromatic carbocycles. The highest BCUT2D eigenvalue weighted by atomic mass is 19.4. The number of halogens is 9. The molecule has 0 saturated carbocycles. The summed E-state index contributed by atoms with van der Waals surface area (Å²) in [5.74, 6) is 0. The summed E-state index contributed by atoms with van der Waals surface area (Å²) in [6, 6.07) is -1.08. The molecule has 0 radical (unpaired) electrons. The number of nitrogens with zero attached hydrogens (tertiary/aromatic N) is 3. The van der Waals surface area contributed by atoms with Gasteiger partial charge in [-0.2, -0.15) is 39.5 Å². The highest BCUT2D eigenvalue weighted by Gasteiger charge is 2.44. The lowest BCUT2D eigenvalue weighted by Gasteiger charge is -2.18. The van der Waals surface area contributed by atoms with Gasteiger partial charge >= 0.3 is 18.5 Å². The van der Waals surface area contributed by atoms with Gasteiger partial charge in [-0.05, 0) is 17.7 Å². The van der Waals surface area contributed by atoms with E-state index in [-0.39, 0.29) is 0 Å². The maximum Gasteiger partial charge on any atom is 0.416 e. The fraction of sp³-hybridized carbons (Fsp3) is 0.333. The van der Waals surface area contributed by atoms with Crippen LogP contribution in [0.25, 0.3) is 10.4 Å². The first-order valence-electron chi connectivity index (χ1n) is 4.73. The van der Waals surface area contributed by atoms with Crippen molar-refractivity contribution >= 4 is 5.69 Å². The molecule has 0 aliphatic rings. The van der Waals surface area contributed by atoms with E-state index in [9.17, 15) is 39.5 Å². The third kappa shape index (κ3) is 3.72. The van der Waals surface area contributed by atoms with E-state index in [1.165, 1.54) is 0 Å². The first kappa shape index (κ1) is 17.0. The van der Waals surface area contributed by atoms with Crippen molar-refractivity contribution in [2.24, 2.45) is 5.11 Å². The molecule has 0 aromatic heterocycles. The monoisotopic (exact) mass is 323 g/mol. The molecule has 0 unspecified atom stereocenters. The number of rotatable bonds is 1. The highest BCUT2D eigenvalue weighted by molar-refractivity contribution is 5.58. The van der Waals surface area contributed by atoms with E-state index >= 15 is 0 Å². The van der Waals surface area contributed by atoms with Crippen LogP contribution in [0.1, 0.15) is 16.7 Å². The minimum Gasteiger partial charge on any atom is -0.166 e. The summed E-state index contributed by atoms with van der Waals surface area (Å²) in [4.78, 5) is 1.79. The van der Waals surface area contributed by atoms with Gasteiger partial charge in [-0.3, -0.25) is 0 Å². The predicted molar refractivity (Wildman–Crippen MR) is 50.3 cm³/mol. The molecule has 0 N–H and O–H groups in total. The SMILES string of the molecule is [N-]=[N+]=Nc1c(C(F)(F)F)cc(C(F)(F)F)cc1C(F)(F)F. The summed E-state index contributed by atoms with van der Waals surface area (Å²) in [6.45, 7) is 0. The molecule has 0 heterocycles. The molecule has 0 atom stereocenters. The van der Waals surface area contributed by atoms with Gasteiger partial charge in [0.05, 0.1) is 22.4 Å². The van der Waals surface area contributed by atoms with E-state index in [0.29, 0.717) is 0 Å². The molecule has 0 saturated heterocycles. The van der Waals surface area contributed by atoms with Crippen LogP contribution in [0.5, 0.6) is 0 Å². The Bertz CT molecular complexity index is 555.